The molecule has 0 bridgehead atoms. The molecular formula is C10H8IN5S. The first-order chi connectivity index (χ1) is 8.28. The average Bonchev–Trinajstić information content (AvgIpc) is 2.95. The van der Waals surface area contributed by atoms with Crippen LogP contribution in [-0.4, -0.2) is 26.8 Å². The first-order valence-electron chi connectivity index (χ1n) is 4.91. The van der Waals surface area contributed by atoms with Crippen LogP contribution in [-0.2, 0) is 0 Å². The monoisotopic (exact) mass is 357 g/mol. The smallest absolute Gasteiger partial charge is 0.225 e. The summed E-state index contributed by atoms with van der Waals surface area (Å²) in [6.07, 6.45) is 3.75. The highest BCUT2D eigenvalue weighted by molar-refractivity contribution is 14.1. The number of rotatable bonds is 2. The van der Waals surface area contributed by atoms with Gasteiger partial charge >= 0.3 is 0 Å². The molecule has 0 unspecified atom stereocenters. The fourth-order valence-electron chi connectivity index (χ4n) is 1.54. The molecule has 5 nitrogen and oxygen atoms in total. The Morgan fingerprint density at radius 2 is 2.29 bits per heavy atom. The quantitative estimate of drug-likeness (QED) is 0.717. The first kappa shape index (κ1) is 10.9. The summed E-state index contributed by atoms with van der Waals surface area (Å²) in [6.45, 7) is 0. The minimum atomic E-state index is 0.612. The van der Waals surface area contributed by atoms with E-state index in [-0.39, 0.29) is 0 Å². The molecule has 0 radical (unpaired) electrons. The number of nitrogens with one attached hydrogen (secondary N) is 1. The Bertz CT molecular complexity index is 674. The molecule has 1 N–H and O–H groups in total. The van der Waals surface area contributed by atoms with E-state index in [0.29, 0.717) is 5.95 Å². The summed E-state index contributed by atoms with van der Waals surface area (Å²) in [5.41, 5.74) is 0. The zero-order chi connectivity index (χ0) is 11.8. The van der Waals surface area contributed by atoms with Crippen molar-refractivity contribution in [1.29, 1.82) is 0 Å². The molecule has 0 atom stereocenters. The third-order valence-corrected chi connectivity index (χ3v) is 3.66. The van der Waals surface area contributed by atoms with Gasteiger partial charge in [0.2, 0.25) is 5.95 Å². The number of halogens is 1. The molecule has 0 saturated heterocycles. The van der Waals surface area contributed by atoms with E-state index in [1.165, 1.54) is 0 Å². The summed E-state index contributed by atoms with van der Waals surface area (Å²) in [4.78, 5) is 9.82. The molecule has 0 aliphatic carbocycles. The van der Waals surface area contributed by atoms with Gasteiger partial charge < -0.3 is 5.32 Å². The van der Waals surface area contributed by atoms with Crippen LogP contribution in [0.25, 0.3) is 16.0 Å². The van der Waals surface area contributed by atoms with Crippen molar-refractivity contribution < 1.29 is 0 Å². The van der Waals surface area contributed by atoms with Crippen molar-refractivity contribution in [3.8, 4) is 5.82 Å². The lowest BCUT2D eigenvalue weighted by Gasteiger charge is -2.04. The van der Waals surface area contributed by atoms with E-state index < -0.39 is 0 Å². The van der Waals surface area contributed by atoms with E-state index in [0.717, 1.165) is 19.6 Å². The highest BCUT2D eigenvalue weighted by Crippen LogP contribution is 2.25. The second-order valence-corrected chi connectivity index (χ2v) is 5.50. The molecule has 3 aromatic heterocycles. The molecule has 0 amide bonds. The van der Waals surface area contributed by atoms with Gasteiger partial charge in [0.15, 0.2) is 5.82 Å². The summed E-state index contributed by atoms with van der Waals surface area (Å²) < 4.78 is 2.86. The molecule has 3 heterocycles. The second-order valence-electron chi connectivity index (χ2n) is 3.36. The highest BCUT2D eigenvalue weighted by atomic mass is 127. The van der Waals surface area contributed by atoms with Crippen LogP contribution < -0.4 is 5.32 Å². The van der Waals surface area contributed by atoms with Crippen LogP contribution in [0.1, 0.15) is 0 Å². The molecule has 0 aliphatic heterocycles. The van der Waals surface area contributed by atoms with E-state index in [1.54, 1.807) is 22.2 Å². The predicted molar refractivity (Wildman–Crippen MR) is 76.8 cm³/mol. The van der Waals surface area contributed by atoms with Gasteiger partial charge in [0, 0.05) is 13.2 Å². The van der Waals surface area contributed by atoms with Gasteiger partial charge in [-0.3, -0.25) is 0 Å². The number of anilines is 1. The Morgan fingerprint density at radius 3 is 3.00 bits per heavy atom. The normalized spacial score (nSPS) is 10.9. The third kappa shape index (κ3) is 1.89. The molecule has 3 rings (SSSR count). The minimum absolute atomic E-state index is 0.612. The predicted octanol–water partition coefficient (Wildman–Crippen LogP) is 2.52. The van der Waals surface area contributed by atoms with Crippen molar-refractivity contribution in [2.24, 2.45) is 0 Å². The number of nitrogens with zero attached hydrogens (tertiary/aromatic N) is 4. The van der Waals surface area contributed by atoms with Crippen LogP contribution >= 0.6 is 33.9 Å². The van der Waals surface area contributed by atoms with Gasteiger partial charge in [0.05, 0.1) is 15.2 Å². The minimum Gasteiger partial charge on any atom is -0.357 e. The number of thiophene rings is 1. The highest BCUT2D eigenvalue weighted by Gasteiger charge is 2.10. The molecule has 0 aliphatic rings. The van der Waals surface area contributed by atoms with Crippen LogP contribution in [0.2, 0.25) is 0 Å². The number of fused-ring (bicyclic) bond motifs is 1. The molecule has 3 aromatic rings. The number of hydrogen-bond acceptors (Lipinski definition) is 5. The van der Waals surface area contributed by atoms with Gasteiger partial charge in [0.25, 0.3) is 0 Å². The summed E-state index contributed by atoms with van der Waals surface area (Å²) in [5, 5.41) is 10.3. The van der Waals surface area contributed by atoms with Crippen LogP contribution in [0.3, 0.4) is 0 Å². The maximum Gasteiger partial charge on any atom is 0.225 e. The van der Waals surface area contributed by atoms with Gasteiger partial charge in [-0.2, -0.15) is 10.1 Å². The van der Waals surface area contributed by atoms with Gasteiger partial charge in [-0.25, -0.2) is 9.67 Å². The first-order valence-corrected chi connectivity index (χ1v) is 6.87. The molecule has 0 aromatic carbocycles. The SMILES string of the molecule is CNc1nc(-n2cc(I)cn2)c2ccsc2n1. The lowest BCUT2D eigenvalue weighted by Crippen LogP contribution is -2.03. The maximum absolute atomic E-state index is 4.46. The van der Waals surface area contributed by atoms with E-state index in [2.05, 4.69) is 43.0 Å². The van der Waals surface area contributed by atoms with Crippen molar-refractivity contribution >= 4 is 50.1 Å². The van der Waals surface area contributed by atoms with Crippen molar-refractivity contribution in [2.75, 3.05) is 12.4 Å². The molecule has 0 fully saturated rings. The maximum atomic E-state index is 4.46. The fraction of sp³-hybridized carbons (Fsp3) is 0.100. The van der Waals surface area contributed by atoms with Crippen LogP contribution in [0.4, 0.5) is 5.95 Å². The molecule has 86 valence electrons. The Balaban J connectivity index is 2.29. The Labute approximate surface area is 115 Å². The van der Waals surface area contributed by atoms with Crippen molar-refractivity contribution in [3.63, 3.8) is 0 Å². The molecule has 17 heavy (non-hydrogen) atoms. The zero-order valence-electron chi connectivity index (χ0n) is 8.88. The average molecular weight is 357 g/mol. The number of aromatic nitrogens is 4. The largest absolute Gasteiger partial charge is 0.357 e. The van der Waals surface area contributed by atoms with Crippen LogP contribution in [0, 0.1) is 3.57 Å². The Kier molecular flexibility index (Phi) is 2.71. The van der Waals surface area contributed by atoms with Gasteiger partial charge in [0.1, 0.15) is 4.83 Å². The lowest BCUT2D eigenvalue weighted by atomic mass is 10.4. The summed E-state index contributed by atoms with van der Waals surface area (Å²) in [6, 6.07) is 2.02. The van der Waals surface area contributed by atoms with Crippen LogP contribution in [0.5, 0.6) is 0 Å². The molecule has 7 heteroatoms. The second kappa shape index (κ2) is 4.22. The van der Waals surface area contributed by atoms with Crippen LogP contribution in [0.15, 0.2) is 23.8 Å². The van der Waals surface area contributed by atoms with Gasteiger partial charge in [-0.1, -0.05) is 0 Å². The van der Waals surface area contributed by atoms with Gasteiger partial charge in [-0.05, 0) is 34.0 Å². The molecular weight excluding hydrogens is 349 g/mol. The van der Waals surface area contributed by atoms with E-state index in [4.69, 9.17) is 0 Å². The standard InChI is InChI=1S/C10H8IN5S/c1-12-10-14-8(16-5-6(11)4-13-16)7-2-3-17-9(7)15-10/h2-5H,1H3,(H,12,14,15). The van der Waals surface area contributed by atoms with Crippen molar-refractivity contribution in [3.05, 3.63) is 27.4 Å². The van der Waals surface area contributed by atoms with E-state index in [1.807, 2.05) is 24.7 Å². The molecule has 0 saturated carbocycles. The fourth-order valence-corrected chi connectivity index (χ4v) is 2.69. The Morgan fingerprint density at radius 1 is 1.41 bits per heavy atom. The van der Waals surface area contributed by atoms with E-state index in [9.17, 15) is 0 Å². The Hall–Kier alpha value is -1.22. The zero-order valence-corrected chi connectivity index (χ0v) is 11.9. The summed E-state index contributed by atoms with van der Waals surface area (Å²) in [5.74, 6) is 1.42. The van der Waals surface area contributed by atoms with E-state index >= 15 is 0 Å². The van der Waals surface area contributed by atoms with Crippen molar-refractivity contribution in [2.45, 2.75) is 0 Å². The number of hydrogen-bond donors (Lipinski definition) is 1. The third-order valence-electron chi connectivity index (χ3n) is 2.30. The topological polar surface area (TPSA) is 55.6 Å². The lowest BCUT2D eigenvalue weighted by molar-refractivity contribution is 0.853. The summed E-state index contributed by atoms with van der Waals surface area (Å²) >= 11 is 3.83. The van der Waals surface area contributed by atoms with Crippen molar-refractivity contribution in [1.82, 2.24) is 19.7 Å². The molecule has 0 spiro atoms. The van der Waals surface area contributed by atoms with Gasteiger partial charge in [-0.15, -0.1) is 11.3 Å². The summed E-state index contributed by atoms with van der Waals surface area (Å²) in [7, 11) is 1.81.